The Hall–Kier alpha value is -0.150. The summed E-state index contributed by atoms with van der Waals surface area (Å²) in [5.41, 5.74) is 0.266. The van der Waals surface area contributed by atoms with Gasteiger partial charge in [0.15, 0.2) is 0 Å². The lowest BCUT2D eigenvalue weighted by atomic mass is 9.71. The molecule has 1 N–H and O–H groups in total. The van der Waals surface area contributed by atoms with Gasteiger partial charge in [-0.15, -0.1) is 0 Å². The molecule has 2 rings (SSSR count). The fraction of sp³-hybridized carbons (Fsp3) is 1.00. The highest BCUT2D eigenvalue weighted by atomic mass is 19.1. The number of hydrogen-bond acceptors (Lipinski definition) is 2. The van der Waals surface area contributed by atoms with Gasteiger partial charge < -0.3 is 5.11 Å². The van der Waals surface area contributed by atoms with E-state index < -0.39 is 6.17 Å². The second kappa shape index (κ2) is 4.61. The Balaban J connectivity index is 2.00. The van der Waals surface area contributed by atoms with Gasteiger partial charge in [-0.3, -0.25) is 4.90 Å². The van der Waals surface area contributed by atoms with Crippen molar-refractivity contribution >= 4 is 0 Å². The van der Waals surface area contributed by atoms with Gasteiger partial charge in [0.2, 0.25) is 0 Å². The number of halogens is 1. The molecule has 2 nitrogen and oxygen atoms in total. The third-order valence-corrected chi connectivity index (χ3v) is 4.42. The van der Waals surface area contributed by atoms with E-state index in [9.17, 15) is 9.50 Å². The molecule has 2 atom stereocenters. The molecule has 1 aliphatic heterocycles. The molecule has 2 unspecified atom stereocenters. The average molecular weight is 229 g/mol. The van der Waals surface area contributed by atoms with Crippen molar-refractivity contribution in [1.29, 1.82) is 0 Å². The van der Waals surface area contributed by atoms with Gasteiger partial charge in [0.1, 0.15) is 6.17 Å². The van der Waals surface area contributed by atoms with Crippen LogP contribution in [0.1, 0.15) is 46.0 Å². The lowest BCUT2D eigenvalue weighted by Crippen LogP contribution is -2.52. The van der Waals surface area contributed by atoms with Crippen LogP contribution in [0.2, 0.25) is 0 Å². The Morgan fingerprint density at radius 3 is 2.44 bits per heavy atom. The van der Waals surface area contributed by atoms with E-state index in [-0.39, 0.29) is 11.5 Å². The van der Waals surface area contributed by atoms with E-state index in [1.54, 1.807) is 0 Å². The molecule has 2 fully saturated rings. The molecule has 0 aromatic heterocycles. The summed E-state index contributed by atoms with van der Waals surface area (Å²) in [5.74, 6) is 0. The van der Waals surface area contributed by atoms with Crippen molar-refractivity contribution in [1.82, 2.24) is 4.90 Å². The van der Waals surface area contributed by atoms with E-state index >= 15 is 0 Å². The minimum atomic E-state index is -0.604. The van der Waals surface area contributed by atoms with E-state index in [1.165, 1.54) is 0 Å². The van der Waals surface area contributed by atoms with Gasteiger partial charge in [0.25, 0.3) is 0 Å². The highest BCUT2D eigenvalue weighted by Gasteiger charge is 2.40. The van der Waals surface area contributed by atoms with Gasteiger partial charge >= 0.3 is 0 Å². The molecule has 1 heterocycles. The third-order valence-electron chi connectivity index (χ3n) is 4.42. The first-order valence-corrected chi connectivity index (χ1v) is 6.55. The lowest BCUT2D eigenvalue weighted by molar-refractivity contribution is -0.0261. The van der Waals surface area contributed by atoms with Gasteiger partial charge in [0.05, 0.1) is 6.10 Å². The summed E-state index contributed by atoms with van der Waals surface area (Å²) in [6, 6.07) is 0.434. The molecule has 16 heavy (non-hydrogen) atoms. The largest absolute Gasteiger partial charge is 0.393 e. The second-order valence-electron chi connectivity index (χ2n) is 6.14. The number of aliphatic hydroxyl groups is 1. The zero-order chi connectivity index (χ0) is 11.8. The molecular formula is C13H24FNO. The van der Waals surface area contributed by atoms with Crippen molar-refractivity contribution in [2.45, 2.75) is 64.3 Å². The first-order valence-electron chi connectivity index (χ1n) is 6.55. The first kappa shape index (κ1) is 12.3. The van der Waals surface area contributed by atoms with E-state index in [2.05, 4.69) is 18.7 Å². The van der Waals surface area contributed by atoms with E-state index in [1.807, 2.05) is 0 Å². The summed E-state index contributed by atoms with van der Waals surface area (Å²) in [6.45, 7) is 6.29. The maximum atomic E-state index is 13.1. The molecule has 0 spiro atoms. The summed E-state index contributed by atoms with van der Waals surface area (Å²) in [6.07, 6.45) is 3.45. The van der Waals surface area contributed by atoms with Crippen LogP contribution in [0.4, 0.5) is 4.39 Å². The smallest absolute Gasteiger partial charge is 0.103 e. The Bertz CT molecular complexity index is 236. The monoisotopic (exact) mass is 229 g/mol. The van der Waals surface area contributed by atoms with Crippen molar-refractivity contribution in [3.05, 3.63) is 0 Å². The summed E-state index contributed by atoms with van der Waals surface area (Å²) < 4.78 is 13.1. The number of likely N-dealkylation sites (tertiary alicyclic amines) is 1. The third kappa shape index (κ3) is 2.57. The van der Waals surface area contributed by atoms with Crippen molar-refractivity contribution in [2.24, 2.45) is 5.41 Å². The fourth-order valence-electron chi connectivity index (χ4n) is 3.22. The van der Waals surface area contributed by atoms with Crippen molar-refractivity contribution in [2.75, 3.05) is 13.1 Å². The minimum absolute atomic E-state index is 0.152. The Morgan fingerprint density at radius 2 is 1.81 bits per heavy atom. The lowest BCUT2D eigenvalue weighted by Gasteiger charge is -2.48. The average Bonchev–Trinajstić information content (AvgIpc) is 2.23. The topological polar surface area (TPSA) is 23.5 Å². The van der Waals surface area contributed by atoms with Crippen LogP contribution in [0.3, 0.4) is 0 Å². The van der Waals surface area contributed by atoms with Gasteiger partial charge in [-0.2, -0.15) is 0 Å². The highest BCUT2D eigenvalue weighted by molar-refractivity contribution is 4.94. The highest BCUT2D eigenvalue weighted by Crippen LogP contribution is 2.39. The molecule has 3 heteroatoms. The molecule has 0 aromatic carbocycles. The van der Waals surface area contributed by atoms with Gasteiger partial charge in [-0.25, -0.2) is 4.39 Å². The first-order chi connectivity index (χ1) is 7.49. The van der Waals surface area contributed by atoms with Crippen LogP contribution in [0.15, 0.2) is 0 Å². The molecular weight excluding hydrogens is 205 g/mol. The van der Waals surface area contributed by atoms with Crippen LogP contribution in [0.5, 0.6) is 0 Å². The fourth-order valence-corrected chi connectivity index (χ4v) is 3.22. The summed E-state index contributed by atoms with van der Waals surface area (Å²) in [4.78, 5) is 2.40. The zero-order valence-corrected chi connectivity index (χ0v) is 10.5. The predicted molar refractivity (Wildman–Crippen MR) is 63.1 cm³/mol. The molecule has 1 saturated heterocycles. The van der Waals surface area contributed by atoms with E-state index in [0.717, 1.165) is 32.4 Å². The second-order valence-corrected chi connectivity index (χ2v) is 6.14. The van der Waals surface area contributed by atoms with Gasteiger partial charge in [-0.1, -0.05) is 13.8 Å². The van der Waals surface area contributed by atoms with Crippen molar-refractivity contribution in [3.63, 3.8) is 0 Å². The molecule has 0 aromatic rings. The van der Waals surface area contributed by atoms with Crippen LogP contribution < -0.4 is 0 Å². The molecule has 1 aliphatic carbocycles. The molecule has 0 amide bonds. The normalized spacial score (nSPS) is 37.5. The van der Waals surface area contributed by atoms with Crippen molar-refractivity contribution < 1.29 is 9.50 Å². The Morgan fingerprint density at radius 1 is 1.19 bits per heavy atom. The van der Waals surface area contributed by atoms with E-state index in [0.29, 0.717) is 18.9 Å². The van der Waals surface area contributed by atoms with Crippen molar-refractivity contribution in [3.8, 4) is 0 Å². The van der Waals surface area contributed by atoms with Gasteiger partial charge in [-0.05, 0) is 37.5 Å². The van der Waals surface area contributed by atoms with Crippen LogP contribution in [0, 0.1) is 5.41 Å². The SMILES string of the molecule is CC1(C)CCC(O)CC1N1CCC(F)CC1. The van der Waals surface area contributed by atoms with Crippen LogP contribution in [0.25, 0.3) is 0 Å². The number of alkyl halides is 1. The maximum absolute atomic E-state index is 13.1. The molecule has 0 radical (unpaired) electrons. The molecule has 1 saturated carbocycles. The summed E-state index contributed by atoms with van der Waals surface area (Å²) in [7, 11) is 0. The number of hydrogen-bond donors (Lipinski definition) is 1. The number of aliphatic hydroxyl groups excluding tert-OH is 1. The molecule has 2 aliphatic rings. The molecule has 0 bridgehead atoms. The number of nitrogens with zero attached hydrogens (tertiary/aromatic N) is 1. The van der Waals surface area contributed by atoms with Gasteiger partial charge in [0, 0.05) is 19.1 Å². The Labute approximate surface area is 97.8 Å². The van der Waals surface area contributed by atoms with Crippen LogP contribution >= 0.6 is 0 Å². The number of piperidine rings is 1. The number of rotatable bonds is 1. The Kier molecular flexibility index (Phi) is 3.55. The van der Waals surface area contributed by atoms with Crippen LogP contribution in [-0.4, -0.2) is 41.4 Å². The molecule has 94 valence electrons. The maximum Gasteiger partial charge on any atom is 0.103 e. The van der Waals surface area contributed by atoms with E-state index in [4.69, 9.17) is 0 Å². The minimum Gasteiger partial charge on any atom is -0.393 e. The standard InChI is InChI=1S/C13H24FNO/c1-13(2)6-3-11(16)9-12(13)15-7-4-10(14)5-8-15/h10-12,16H,3-9H2,1-2H3. The summed E-state index contributed by atoms with van der Waals surface area (Å²) in [5, 5.41) is 9.79. The zero-order valence-electron chi connectivity index (χ0n) is 10.5. The predicted octanol–water partition coefficient (Wildman–Crippen LogP) is 2.36. The van der Waals surface area contributed by atoms with Crippen LogP contribution in [-0.2, 0) is 0 Å². The quantitative estimate of drug-likeness (QED) is 0.746. The summed E-state index contributed by atoms with van der Waals surface area (Å²) >= 11 is 0.